The molecule has 1 N–H and O–H groups in total. The number of carbonyl (C=O) groups excluding carboxylic acids is 3. The normalized spacial score (nSPS) is 13.8. The maximum Gasteiger partial charge on any atom is 0.306 e. The quantitative estimate of drug-likeness (QED) is 0.271. The van der Waals surface area contributed by atoms with Crippen molar-refractivity contribution >= 4 is 29.2 Å². The molecule has 0 radical (unpaired) electrons. The number of aryl methyl sites for hydroxylation is 1. The van der Waals surface area contributed by atoms with Crippen molar-refractivity contribution in [1.29, 1.82) is 5.26 Å². The number of benzene rings is 3. The highest BCUT2D eigenvalue weighted by molar-refractivity contribution is 6.06. The van der Waals surface area contributed by atoms with E-state index in [1.165, 1.54) is 17.6 Å². The van der Waals surface area contributed by atoms with Crippen LogP contribution in [0, 0.1) is 11.3 Å². The highest BCUT2D eigenvalue weighted by atomic mass is 16.5. The summed E-state index contributed by atoms with van der Waals surface area (Å²) in [4.78, 5) is 38.8. The van der Waals surface area contributed by atoms with Crippen molar-refractivity contribution in [2.75, 3.05) is 30.5 Å². The van der Waals surface area contributed by atoms with E-state index in [2.05, 4.69) is 22.2 Å². The number of hydrogen-bond donors (Lipinski definition) is 1. The van der Waals surface area contributed by atoms with E-state index >= 15 is 0 Å². The minimum Gasteiger partial charge on any atom is -0.494 e. The van der Waals surface area contributed by atoms with Gasteiger partial charge in [0.25, 0.3) is 5.91 Å². The number of amides is 2. The molecule has 0 aromatic heterocycles. The molecule has 2 amide bonds. The highest BCUT2D eigenvalue weighted by Crippen LogP contribution is 2.40. The van der Waals surface area contributed by atoms with E-state index in [0.29, 0.717) is 29.3 Å². The number of anilines is 2. The first kappa shape index (κ1) is 28.2. The van der Waals surface area contributed by atoms with Crippen molar-refractivity contribution < 1.29 is 28.6 Å². The average Bonchev–Trinajstić information content (AvgIpc) is 3.00. The number of fused-ring (bicyclic) bond motifs is 1. The van der Waals surface area contributed by atoms with E-state index in [1.54, 1.807) is 42.5 Å². The third-order valence-corrected chi connectivity index (χ3v) is 6.45. The Hall–Kier alpha value is -4.84. The first-order valence-electron chi connectivity index (χ1n) is 13.1. The van der Waals surface area contributed by atoms with Crippen LogP contribution in [0.15, 0.2) is 72.8 Å². The molecule has 0 saturated heterocycles. The first-order chi connectivity index (χ1) is 19.5. The lowest BCUT2D eigenvalue weighted by molar-refractivity contribution is -0.141. The molecule has 206 valence electrons. The van der Waals surface area contributed by atoms with Gasteiger partial charge < -0.3 is 24.4 Å². The number of ether oxygens (including phenoxy) is 3. The molecule has 1 heterocycles. The Morgan fingerprint density at radius 3 is 2.50 bits per heavy atom. The summed E-state index contributed by atoms with van der Waals surface area (Å²) in [6.07, 6.45) is 1.85. The molecule has 3 aromatic rings. The fourth-order valence-corrected chi connectivity index (χ4v) is 4.32. The van der Waals surface area contributed by atoms with Gasteiger partial charge in [-0.15, -0.1) is 0 Å². The molecule has 4 rings (SSSR count). The second-order valence-corrected chi connectivity index (χ2v) is 9.24. The van der Waals surface area contributed by atoms with E-state index < -0.39 is 12.1 Å². The molecule has 0 aliphatic carbocycles. The third kappa shape index (κ3) is 7.38. The van der Waals surface area contributed by atoms with Crippen LogP contribution in [0.1, 0.15) is 41.6 Å². The summed E-state index contributed by atoms with van der Waals surface area (Å²) in [5, 5.41) is 12.3. The number of hydrogen-bond acceptors (Lipinski definition) is 7. The number of carbonyl (C=O) groups is 3. The summed E-state index contributed by atoms with van der Waals surface area (Å²) in [6.45, 7) is 0.593. The summed E-state index contributed by atoms with van der Waals surface area (Å²) < 4.78 is 16.2. The summed E-state index contributed by atoms with van der Waals surface area (Å²) in [7, 11) is 1.26. The number of esters is 1. The van der Waals surface area contributed by atoms with Crippen molar-refractivity contribution in [3.8, 4) is 17.6 Å². The predicted octanol–water partition coefficient (Wildman–Crippen LogP) is 4.91. The molecule has 40 heavy (non-hydrogen) atoms. The maximum atomic E-state index is 13.0. The fourth-order valence-electron chi connectivity index (χ4n) is 4.32. The average molecular weight is 542 g/mol. The van der Waals surface area contributed by atoms with Crippen LogP contribution in [0.2, 0.25) is 0 Å². The van der Waals surface area contributed by atoms with Crippen LogP contribution in [0.3, 0.4) is 0 Å². The van der Waals surface area contributed by atoms with E-state index in [1.807, 2.05) is 24.3 Å². The van der Waals surface area contributed by atoms with Gasteiger partial charge in [-0.2, -0.15) is 5.26 Å². The van der Waals surface area contributed by atoms with Gasteiger partial charge in [-0.25, -0.2) is 0 Å². The molecule has 0 fully saturated rings. The van der Waals surface area contributed by atoms with Gasteiger partial charge in [-0.1, -0.05) is 36.4 Å². The fraction of sp³-hybridized carbons (Fsp3) is 0.290. The minimum atomic E-state index is -0.934. The van der Waals surface area contributed by atoms with Crippen LogP contribution in [-0.2, 0) is 20.7 Å². The third-order valence-electron chi connectivity index (χ3n) is 6.45. The monoisotopic (exact) mass is 541 g/mol. The number of rotatable bonds is 11. The number of methoxy groups -OCH3 is 1. The van der Waals surface area contributed by atoms with Crippen LogP contribution in [0.5, 0.6) is 11.5 Å². The van der Waals surface area contributed by atoms with Crippen LogP contribution in [0.4, 0.5) is 11.4 Å². The number of nitrogens with one attached hydrogen (secondary N) is 1. The van der Waals surface area contributed by atoms with Crippen molar-refractivity contribution in [2.45, 2.75) is 38.2 Å². The molecular weight excluding hydrogens is 510 g/mol. The van der Waals surface area contributed by atoms with Gasteiger partial charge in [-0.05, 0) is 61.2 Å². The Morgan fingerprint density at radius 2 is 1.77 bits per heavy atom. The van der Waals surface area contributed by atoms with E-state index in [0.717, 1.165) is 19.3 Å². The molecule has 9 nitrogen and oxygen atoms in total. The predicted molar refractivity (Wildman–Crippen MR) is 149 cm³/mol. The minimum absolute atomic E-state index is 0.00855. The maximum absolute atomic E-state index is 13.0. The van der Waals surface area contributed by atoms with Crippen molar-refractivity contribution in [3.63, 3.8) is 0 Å². The molecule has 9 heteroatoms. The van der Waals surface area contributed by atoms with Crippen molar-refractivity contribution in [1.82, 2.24) is 0 Å². The lowest BCUT2D eigenvalue weighted by Crippen LogP contribution is -2.43. The Labute approximate surface area is 233 Å². The lowest BCUT2D eigenvalue weighted by atomic mass is 10.1. The van der Waals surface area contributed by atoms with Gasteiger partial charge in [0.05, 0.1) is 38.1 Å². The van der Waals surface area contributed by atoms with Crippen LogP contribution in [-0.4, -0.2) is 44.1 Å². The Balaban J connectivity index is 1.36. The summed E-state index contributed by atoms with van der Waals surface area (Å²) >= 11 is 0. The first-order valence-corrected chi connectivity index (χ1v) is 13.1. The molecule has 1 aliphatic heterocycles. The highest BCUT2D eigenvalue weighted by Gasteiger charge is 2.32. The Bertz CT molecular complexity index is 1370. The summed E-state index contributed by atoms with van der Waals surface area (Å²) in [6, 6.07) is 24.2. The second kappa shape index (κ2) is 13.8. The van der Waals surface area contributed by atoms with Gasteiger partial charge in [0, 0.05) is 12.0 Å². The van der Waals surface area contributed by atoms with Gasteiger partial charge in [0.2, 0.25) is 12.0 Å². The number of unbranched alkanes of at least 4 members (excludes halogenated alkanes) is 1. The second-order valence-electron chi connectivity index (χ2n) is 9.24. The molecule has 1 aliphatic rings. The molecule has 3 aromatic carbocycles. The molecule has 0 bridgehead atoms. The van der Waals surface area contributed by atoms with Crippen LogP contribution >= 0.6 is 0 Å². The number of nitriles is 1. The van der Waals surface area contributed by atoms with Gasteiger partial charge in [-0.3, -0.25) is 14.4 Å². The largest absolute Gasteiger partial charge is 0.494 e. The zero-order valence-corrected chi connectivity index (χ0v) is 22.3. The molecule has 0 saturated carbocycles. The molecular formula is C31H31N3O6. The smallest absolute Gasteiger partial charge is 0.306 e. The lowest BCUT2D eigenvalue weighted by Gasteiger charge is -2.33. The standard InChI is InChI=1S/C31H31N3O6/c1-38-29(36)18-17-28(35)34-21-25(20-32)40-30-26(11-7-12-27(30)34)33-31(37)23-13-15-24(16-14-23)39-19-6-5-10-22-8-3-2-4-9-22/h2-4,7-9,11-16,25H,5-6,10,17-19,21H2,1H3,(H,33,37). The molecule has 1 atom stereocenters. The molecule has 0 spiro atoms. The van der Waals surface area contributed by atoms with E-state index in [4.69, 9.17) is 9.47 Å². The van der Waals surface area contributed by atoms with Crippen molar-refractivity contribution in [3.05, 3.63) is 83.9 Å². The SMILES string of the molecule is COC(=O)CCC(=O)N1CC(C#N)Oc2c(NC(=O)c3ccc(OCCCCc4ccccc4)cc3)cccc21. The molecule has 1 unspecified atom stereocenters. The van der Waals surface area contributed by atoms with Gasteiger partial charge in [0.1, 0.15) is 11.8 Å². The van der Waals surface area contributed by atoms with Gasteiger partial charge in [0.15, 0.2) is 5.75 Å². The summed E-state index contributed by atoms with van der Waals surface area (Å²) in [5.74, 6) is -0.340. The Morgan fingerprint density at radius 1 is 1.00 bits per heavy atom. The van der Waals surface area contributed by atoms with E-state index in [9.17, 15) is 19.6 Å². The van der Waals surface area contributed by atoms with E-state index in [-0.39, 0.29) is 37.0 Å². The Kier molecular flexibility index (Phi) is 9.72. The topological polar surface area (TPSA) is 118 Å². The summed E-state index contributed by atoms with van der Waals surface area (Å²) in [5.41, 5.74) is 2.46. The van der Waals surface area contributed by atoms with Crippen LogP contribution < -0.4 is 19.7 Å². The number of para-hydroxylation sites is 1. The van der Waals surface area contributed by atoms with Gasteiger partial charge >= 0.3 is 5.97 Å². The van der Waals surface area contributed by atoms with Crippen LogP contribution in [0.25, 0.3) is 0 Å². The number of nitrogens with zero attached hydrogens (tertiary/aromatic N) is 2. The van der Waals surface area contributed by atoms with Crippen molar-refractivity contribution in [2.24, 2.45) is 0 Å². The zero-order valence-electron chi connectivity index (χ0n) is 22.3. The zero-order chi connectivity index (χ0) is 28.3.